The van der Waals surface area contributed by atoms with Crippen LogP contribution in [0.25, 0.3) is 0 Å². The molecule has 1 aliphatic heterocycles. The summed E-state index contributed by atoms with van der Waals surface area (Å²) in [6, 6.07) is 6.64. The molecule has 1 saturated heterocycles. The van der Waals surface area contributed by atoms with E-state index in [0.717, 1.165) is 56.0 Å². The summed E-state index contributed by atoms with van der Waals surface area (Å²) in [5.74, 6) is 2.12. The Bertz CT molecular complexity index is 458. The Morgan fingerprint density at radius 2 is 2.00 bits per heavy atom. The summed E-state index contributed by atoms with van der Waals surface area (Å²) in [5, 5.41) is 3.05. The van der Waals surface area contributed by atoms with Crippen molar-refractivity contribution in [1.29, 1.82) is 0 Å². The summed E-state index contributed by atoms with van der Waals surface area (Å²) >= 11 is 1.82. The predicted octanol–water partition coefficient (Wildman–Crippen LogP) is 2.91. The molecule has 3 nitrogen and oxygen atoms in total. The van der Waals surface area contributed by atoms with Crippen LogP contribution in [-0.2, 0) is 10.5 Å². The van der Waals surface area contributed by atoms with E-state index in [1.807, 2.05) is 23.9 Å². The van der Waals surface area contributed by atoms with E-state index in [1.54, 1.807) is 0 Å². The molecule has 0 aliphatic carbocycles. The van der Waals surface area contributed by atoms with Crippen LogP contribution in [0.1, 0.15) is 24.8 Å². The Labute approximate surface area is 136 Å². The standard InChI is InChI=1S/C17H25FN2OS/c1-20-10-7-15(8-11-20)17(21)19-9-2-12-22-13-14-3-5-16(18)6-4-14/h3-6,15H,2,7-13H2,1H3,(H,19,21). The molecule has 122 valence electrons. The molecule has 1 N–H and O–H groups in total. The van der Waals surface area contributed by atoms with Gasteiger partial charge in [-0.25, -0.2) is 4.39 Å². The highest BCUT2D eigenvalue weighted by Gasteiger charge is 2.22. The highest BCUT2D eigenvalue weighted by Crippen LogP contribution is 2.16. The molecule has 0 spiro atoms. The molecule has 1 aromatic carbocycles. The Balaban J connectivity index is 1.52. The van der Waals surface area contributed by atoms with E-state index in [-0.39, 0.29) is 17.6 Å². The minimum atomic E-state index is -0.189. The molecule has 1 amide bonds. The number of likely N-dealkylation sites (tertiary alicyclic amines) is 1. The third-order valence-corrected chi connectivity index (χ3v) is 5.15. The van der Waals surface area contributed by atoms with Crippen molar-refractivity contribution < 1.29 is 9.18 Å². The predicted molar refractivity (Wildman–Crippen MR) is 90.4 cm³/mol. The zero-order chi connectivity index (χ0) is 15.8. The number of nitrogens with zero attached hydrogens (tertiary/aromatic N) is 1. The Morgan fingerprint density at radius 3 is 2.68 bits per heavy atom. The SMILES string of the molecule is CN1CCC(C(=O)NCCCSCc2ccc(F)cc2)CC1. The molecule has 2 rings (SSSR count). The molecule has 1 heterocycles. The minimum Gasteiger partial charge on any atom is -0.356 e. The number of carbonyl (C=O) groups excluding carboxylic acids is 1. The summed E-state index contributed by atoms with van der Waals surface area (Å²) in [6.07, 6.45) is 2.92. The lowest BCUT2D eigenvalue weighted by molar-refractivity contribution is -0.126. The van der Waals surface area contributed by atoms with Crippen LogP contribution in [0.5, 0.6) is 0 Å². The fraction of sp³-hybridized carbons (Fsp3) is 0.588. The van der Waals surface area contributed by atoms with Crippen molar-refractivity contribution in [1.82, 2.24) is 10.2 Å². The maximum Gasteiger partial charge on any atom is 0.223 e. The Kier molecular flexibility index (Phi) is 7.19. The third kappa shape index (κ3) is 5.97. The first-order valence-corrected chi connectivity index (χ1v) is 9.09. The quantitative estimate of drug-likeness (QED) is 0.783. The van der Waals surface area contributed by atoms with E-state index in [4.69, 9.17) is 0 Å². The Morgan fingerprint density at radius 1 is 1.32 bits per heavy atom. The number of nitrogens with one attached hydrogen (secondary N) is 1. The summed E-state index contributed by atoms with van der Waals surface area (Å²) in [5.41, 5.74) is 1.14. The number of thioether (sulfide) groups is 1. The molecular weight excluding hydrogens is 299 g/mol. The van der Waals surface area contributed by atoms with Crippen LogP contribution in [-0.4, -0.2) is 43.2 Å². The third-order valence-electron chi connectivity index (χ3n) is 4.04. The number of carbonyl (C=O) groups is 1. The van der Waals surface area contributed by atoms with Gasteiger partial charge in [-0.2, -0.15) is 11.8 Å². The first-order valence-electron chi connectivity index (χ1n) is 7.93. The van der Waals surface area contributed by atoms with Crippen LogP contribution in [0.3, 0.4) is 0 Å². The molecule has 22 heavy (non-hydrogen) atoms. The van der Waals surface area contributed by atoms with Crippen LogP contribution in [0.4, 0.5) is 4.39 Å². The van der Waals surface area contributed by atoms with Crippen LogP contribution >= 0.6 is 11.8 Å². The summed E-state index contributed by atoms with van der Waals surface area (Å²) < 4.78 is 12.8. The van der Waals surface area contributed by atoms with Gasteiger partial charge in [0.2, 0.25) is 5.91 Å². The molecule has 0 saturated carbocycles. The van der Waals surface area contributed by atoms with Crippen LogP contribution in [0.15, 0.2) is 24.3 Å². The minimum absolute atomic E-state index is 0.189. The second-order valence-corrected chi connectivity index (χ2v) is 7.01. The van der Waals surface area contributed by atoms with Gasteiger partial charge >= 0.3 is 0 Å². The second-order valence-electron chi connectivity index (χ2n) is 5.90. The van der Waals surface area contributed by atoms with Crippen molar-refractivity contribution in [2.45, 2.75) is 25.0 Å². The molecular formula is C17H25FN2OS. The van der Waals surface area contributed by atoms with Crippen LogP contribution in [0.2, 0.25) is 0 Å². The van der Waals surface area contributed by atoms with Gasteiger partial charge in [0.25, 0.3) is 0 Å². The van der Waals surface area contributed by atoms with Gasteiger partial charge in [-0.1, -0.05) is 12.1 Å². The average molecular weight is 324 g/mol. The van der Waals surface area contributed by atoms with Gasteiger partial charge < -0.3 is 10.2 Å². The number of rotatable bonds is 7. The van der Waals surface area contributed by atoms with Gasteiger partial charge in [-0.05, 0) is 62.8 Å². The van der Waals surface area contributed by atoms with Crippen molar-refractivity contribution in [2.24, 2.45) is 5.92 Å². The molecule has 0 unspecified atom stereocenters. The van der Waals surface area contributed by atoms with Crippen molar-refractivity contribution in [3.8, 4) is 0 Å². The number of piperidine rings is 1. The van der Waals surface area contributed by atoms with E-state index < -0.39 is 0 Å². The number of hydrogen-bond acceptors (Lipinski definition) is 3. The first kappa shape index (κ1) is 17.3. The molecule has 1 aliphatic rings. The van der Waals surface area contributed by atoms with E-state index >= 15 is 0 Å². The normalized spacial score (nSPS) is 16.6. The number of benzene rings is 1. The first-order chi connectivity index (χ1) is 10.6. The van der Waals surface area contributed by atoms with Gasteiger partial charge in [0.1, 0.15) is 5.82 Å². The van der Waals surface area contributed by atoms with E-state index in [1.165, 1.54) is 12.1 Å². The van der Waals surface area contributed by atoms with Crippen LogP contribution in [0, 0.1) is 11.7 Å². The fourth-order valence-corrected chi connectivity index (χ4v) is 3.49. The number of halogens is 1. The summed E-state index contributed by atoms with van der Waals surface area (Å²) in [4.78, 5) is 14.3. The van der Waals surface area contributed by atoms with Gasteiger partial charge in [0.05, 0.1) is 0 Å². The number of hydrogen-bond donors (Lipinski definition) is 1. The van der Waals surface area contributed by atoms with Gasteiger partial charge in [0, 0.05) is 18.2 Å². The van der Waals surface area contributed by atoms with Gasteiger partial charge in [0.15, 0.2) is 0 Å². The zero-order valence-corrected chi connectivity index (χ0v) is 14.0. The molecule has 1 fully saturated rings. The van der Waals surface area contributed by atoms with Gasteiger partial charge in [-0.3, -0.25) is 4.79 Å². The second kappa shape index (κ2) is 9.16. The highest BCUT2D eigenvalue weighted by atomic mass is 32.2. The molecule has 0 aromatic heterocycles. The van der Waals surface area contributed by atoms with E-state index in [0.29, 0.717) is 0 Å². The largest absolute Gasteiger partial charge is 0.356 e. The van der Waals surface area contributed by atoms with Gasteiger partial charge in [-0.15, -0.1) is 0 Å². The molecule has 5 heteroatoms. The fourth-order valence-electron chi connectivity index (χ4n) is 2.57. The summed E-state index contributed by atoms with van der Waals surface area (Å²) in [7, 11) is 2.10. The topological polar surface area (TPSA) is 32.3 Å². The highest BCUT2D eigenvalue weighted by molar-refractivity contribution is 7.98. The zero-order valence-electron chi connectivity index (χ0n) is 13.2. The lowest BCUT2D eigenvalue weighted by Gasteiger charge is -2.28. The van der Waals surface area contributed by atoms with E-state index in [9.17, 15) is 9.18 Å². The number of amides is 1. The molecule has 1 aromatic rings. The molecule has 0 atom stereocenters. The maximum atomic E-state index is 12.8. The smallest absolute Gasteiger partial charge is 0.223 e. The van der Waals surface area contributed by atoms with Crippen molar-refractivity contribution >= 4 is 17.7 Å². The molecule has 0 radical (unpaired) electrons. The molecule has 0 bridgehead atoms. The summed E-state index contributed by atoms with van der Waals surface area (Å²) in [6.45, 7) is 2.79. The maximum absolute atomic E-state index is 12.8. The lowest BCUT2D eigenvalue weighted by Crippen LogP contribution is -2.39. The van der Waals surface area contributed by atoms with Crippen molar-refractivity contribution in [3.63, 3.8) is 0 Å². The monoisotopic (exact) mass is 324 g/mol. The Hall–Kier alpha value is -1.07. The van der Waals surface area contributed by atoms with Crippen molar-refractivity contribution in [2.75, 3.05) is 32.4 Å². The average Bonchev–Trinajstić information content (AvgIpc) is 2.53. The van der Waals surface area contributed by atoms with E-state index in [2.05, 4.69) is 17.3 Å². The van der Waals surface area contributed by atoms with Crippen molar-refractivity contribution in [3.05, 3.63) is 35.6 Å². The van der Waals surface area contributed by atoms with Crippen LogP contribution < -0.4 is 5.32 Å². The lowest BCUT2D eigenvalue weighted by atomic mass is 9.96.